The van der Waals surface area contributed by atoms with Gasteiger partial charge < -0.3 is 14.1 Å². The summed E-state index contributed by atoms with van der Waals surface area (Å²) in [6, 6.07) is 12.1. The van der Waals surface area contributed by atoms with E-state index in [1.165, 1.54) is 19.1 Å². The van der Waals surface area contributed by atoms with Gasteiger partial charge in [0, 0.05) is 28.7 Å². The Morgan fingerprint density at radius 2 is 1.96 bits per heavy atom. The third kappa shape index (κ3) is 3.56. The molecule has 0 spiro atoms. The fourth-order valence-corrected chi connectivity index (χ4v) is 2.56. The summed E-state index contributed by atoms with van der Waals surface area (Å²) >= 11 is 5.89. The molecule has 126 valence electrons. The molecule has 0 aliphatic rings. The Morgan fingerprint density at radius 1 is 1.24 bits per heavy atom. The number of carbonyl (C=O) groups is 1. The SMILES string of the molecule is Cc1cc(O)c(C(=O)C=Cc2cccn2-c2ccc(Cl)cc2)c(=O)o1. The lowest BCUT2D eigenvalue weighted by atomic mass is 10.1. The van der Waals surface area contributed by atoms with Gasteiger partial charge in [-0.05, 0) is 55.5 Å². The minimum atomic E-state index is -0.861. The number of hydrogen-bond donors (Lipinski definition) is 1. The smallest absolute Gasteiger partial charge is 0.351 e. The topological polar surface area (TPSA) is 72.4 Å². The summed E-state index contributed by atoms with van der Waals surface area (Å²) in [5.41, 5.74) is 0.359. The molecular formula is C19H14ClNO4. The zero-order chi connectivity index (χ0) is 18.0. The highest BCUT2D eigenvalue weighted by molar-refractivity contribution is 6.30. The predicted molar refractivity (Wildman–Crippen MR) is 95.5 cm³/mol. The van der Waals surface area contributed by atoms with Crippen molar-refractivity contribution in [1.82, 2.24) is 4.57 Å². The minimum absolute atomic E-state index is 0.236. The predicted octanol–water partition coefficient (Wildman–Crippen LogP) is 3.99. The fraction of sp³-hybridized carbons (Fsp3) is 0.0526. The third-order valence-electron chi connectivity index (χ3n) is 3.59. The Kier molecular flexibility index (Phi) is 4.59. The number of halogens is 1. The number of rotatable bonds is 4. The van der Waals surface area contributed by atoms with E-state index < -0.39 is 17.2 Å². The number of aromatic nitrogens is 1. The van der Waals surface area contributed by atoms with Crippen molar-refractivity contribution in [2.75, 3.05) is 0 Å². The molecule has 0 atom stereocenters. The lowest BCUT2D eigenvalue weighted by molar-refractivity contribution is 0.104. The maximum absolute atomic E-state index is 12.3. The Morgan fingerprint density at radius 3 is 2.64 bits per heavy atom. The van der Waals surface area contributed by atoms with Crippen LogP contribution in [0.3, 0.4) is 0 Å². The van der Waals surface area contributed by atoms with Gasteiger partial charge in [-0.1, -0.05) is 11.6 Å². The molecule has 6 heteroatoms. The van der Waals surface area contributed by atoms with Crippen molar-refractivity contribution in [2.45, 2.75) is 6.92 Å². The molecule has 0 unspecified atom stereocenters. The molecule has 25 heavy (non-hydrogen) atoms. The summed E-state index contributed by atoms with van der Waals surface area (Å²) in [4.78, 5) is 24.0. The van der Waals surface area contributed by atoms with Crippen LogP contribution in [0.2, 0.25) is 5.02 Å². The highest BCUT2D eigenvalue weighted by Crippen LogP contribution is 2.19. The van der Waals surface area contributed by atoms with Crippen molar-refractivity contribution in [3.8, 4) is 11.4 Å². The quantitative estimate of drug-likeness (QED) is 0.567. The van der Waals surface area contributed by atoms with Crippen molar-refractivity contribution in [2.24, 2.45) is 0 Å². The number of carbonyl (C=O) groups excluding carboxylic acids is 1. The lowest BCUT2D eigenvalue weighted by Gasteiger charge is -2.06. The molecule has 0 bridgehead atoms. The van der Waals surface area contributed by atoms with Gasteiger partial charge >= 0.3 is 5.63 Å². The minimum Gasteiger partial charge on any atom is -0.507 e. The maximum atomic E-state index is 12.3. The van der Waals surface area contributed by atoms with Crippen molar-refractivity contribution in [3.63, 3.8) is 0 Å². The van der Waals surface area contributed by atoms with Gasteiger partial charge in [0.25, 0.3) is 0 Å². The van der Waals surface area contributed by atoms with Gasteiger partial charge in [0.2, 0.25) is 0 Å². The maximum Gasteiger partial charge on any atom is 0.351 e. The van der Waals surface area contributed by atoms with E-state index in [1.54, 1.807) is 18.2 Å². The average Bonchev–Trinajstić information content (AvgIpc) is 3.01. The average molecular weight is 356 g/mol. The van der Waals surface area contributed by atoms with Crippen LogP contribution in [0.5, 0.6) is 5.75 Å². The Labute approximate surface area is 148 Å². The Balaban J connectivity index is 1.91. The van der Waals surface area contributed by atoms with Crippen LogP contribution in [0, 0.1) is 6.92 Å². The third-order valence-corrected chi connectivity index (χ3v) is 3.84. The molecule has 3 rings (SSSR count). The van der Waals surface area contributed by atoms with E-state index in [-0.39, 0.29) is 11.3 Å². The normalized spacial score (nSPS) is 11.1. The molecule has 0 amide bonds. The van der Waals surface area contributed by atoms with E-state index >= 15 is 0 Å². The standard InChI is InChI=1S/C19H14ClNO4/c1-12-11-17(23)18(19(24)25-12)16(22)9-8-14-3-2-10-21(14)15-6-4-13(20)5-7-15/h2-11,23H,1H3. The molecule has 2 aromatic heterocycles. The molecule has 1 N–H and O–H groups in total. The highest BCUT2D eigenvalue weighted by atomic mass is 35.5. The van der Waals surface area contributed by atoms with Crippen LogP contribution in [-0.4, -0.2) is 15.5 Å². The number of aryl methyl sites for hydroxylation is 1. The fourth-order valence-electron chi connectivity index (χ4n) is 2.43. The zero-order valence-corrected chi connectivity index (χ0v) is 14.0. The zero-order valence-electron chi connectivity index (χ0n) is 13.3. The van der Waals surface area contributed by atoms with E-state index in [1.807, 2.05) is 35.0 Å². The number of aromatic hydroxyl groups is 1. The van der Waals surface area contributed by atoms with Crippen LogP contribution in [0.4, 0.5) is 0 Å². The van der Waals surface area contributed by atoms with Gasteiger partial charge in [0.1, 0.15) is 17.1 Å². The molecule has 2 heterocycles. The Bertz CT molecular complexity index is 1010. The molecule has 0 fully saturated rings. The van der Waals surface area contributed by atoms with Crippen molar-refractivity contribution < 1.29 is 14.3 Å². The molecule has 3 aromatic rings. The number of allylic oxidation sites excluding steroid dienone is 1. The second-order valence-electron chi connectivity index (χ2n) is 5.38. The van der Waals surface area contributed by atoms with Gasteiger partial charge in [-0.2, -0.15) is 0 Å². The van der Waals surface area contributed by atoms with Crippen molar-refractivity contribution in [1.29, 1.82) is 0 Å². The number of hydrogen-bond acceptors (Lipinski definition) is 4. The lowest BCUT2D eigenvalue weighted by Crippen LogP contribution is -2.13. The molecule has 0 saturated carbocycles. The first-order valence-electron chi connectivity index (χ1n) is 7.45. The van der Waals surface area contributed by atoms with Crippen LogP contribution in [0.25, 0.3) is 11.8 Å². The van der Waals surface area contributed by atoms with Crippen LogP contribution >= 0.6 is 11.6 Å². The van der Waals surface area contributed by atoms with Crippen LogP contribution in [0.1, 0.15) is 21.8 Å². The van der Waals surface area contributed by atoms with Crippen LogP contribution < -0.4 is 5.63 Å². The summed E-state index contributed by atoms with van der Waals surface area (Å²) in [6.45, 7) is 1.52. The van der Waals surface area contributed by atoms with Gasteiger partial charge in [-0.15, -0.1) is 0 Å². The molecule has 0 aliphatic heterocycles. The second kappa shape index (κ2) is 6.83. The van der Waals surface area contributed by atoms with E-state index in [2.05, 4.69) is 0 Å². The summed E-state index contributed by atoms with van der Waals surface area (Å²) < 4.78 is 6.72. The molecule has 0 saturated heterocycles. The van der Waals surface area contributed by atoms with Gasteiger partial charge in [0.15, 0.2) is 5.78 Å². The van der Waals surface area contributed by atoms with E-state index in [4.69, 9.17) is 16.0 Å². The van der Waals surface area contributed by atoms with Crippen molar-refractivity contribution in [3.05, 3.63) is 87.2 Å². The van der Waals surface area contributed by atoms with Gasteiger partial charge in [-0.25, -0.2) is 4.79 Å². The number of benzene rings is 1. The number of ketones is 1. The van der Waals surface area contributed by atoms with Crippen LogP contribution in [0.15, 0.2) is 63.9 Å². The first-order valence-corrected chi connectivity index (χ1v) is 7.83. The first-order chi connectivity index (χ1) is 12.0. The van der Waals surface area contributed by atoms with E-state index in [0.717, 1.165) is 11.4 Å². The monoisotopic (exact) mass is 355 g/mol. The molecule has 5 nitrogen and oxygen atoms in total. The molecule has 0 radical (unpaired) electrons. The molecule has 1 aromatic carbocycles. The molecular weight excluding hydrogens is 342 g/mol. The largest absolute Gasteiger partial charge is 0.507 e. The second-order valence-corrected chi connectivity index (χ2v) is 5.82. The summed E-state index contributed by atoms with van der Waals surface area (Å²) in [6.07, 6.45) is 4.63. The van der Waals surface area contributed by atoms with E-state index in [0.29, 0.717) is 5.02 Å². The van der Waals surface area contributed by atoms with Gasteiger partial charge in [-0.3, -0.25) is 4.79 Å². The first kappa shape index (κ1) is 16.8. The van der Waals surface area contributed by atoms with Crippen molar-refractivity contribution >= 4 is 23.5 Å². The van der Waals surface area contributed by atoms with Gasteiger partial charge in [0.05, 0.1) is 0 Å². The summed E-state index contributed by atoms with van der Waals surface area (Å²) in [5, 5.41) is 10.5. The molecule has 0 aliphatic carbocycles. The summed E-state index contributed by atoms with van der Waals surface area (Å²) in [7, 11) is 0. The number of nitrogens with zero attached hydrogens (tertiary/aromatic N) is 1. The Hall–Kier alpha value is -3.05. The summed E-state index contributed by atoms with van der Waals surface area (Å²) in [5.74, 6) is -0.786. The van der Waals surface area contributed by atoms with Crippen LogP contribution in [-0.2, 0) is 0 Å². The van der Waals surface area contributed by atoms with E-state index in [9.17, 15) is 14.7 Å². The highest BCUT2D eigenvalue weighted by Gasteiger charge is 2.16.